The molecule has 2 aromatic carbocycles. The van der Waals surface area contributed by atoms with Gasteiger partial charge in [-0.15, -0.1) is 0 Å². The Balaban J connectivity index is 1.44. The number of alkyl halides is 3. The van der Waals surface area contributed by atoms with Crippen LogP contribution in [-0.4, -0.2) is 17.3 Å². The average molecular weight is 482 g/mol. The second-order valence-corrected chi connectivity index (χ2v) is 9.14. The number of aliphatic hydroxyl groups is 1. The minimum Gasteiger partial charge on any atom is -0.508 e. The molecule has 1 aliphatic heterocycles. The first-order valence-electron chi connectivity index (χ1n) is 10.2. The Morgan fingerprint density at radius 1 is 1.12 bits per heavy atom. The van der Waals surface area contributed by atoms with Crippen molar-refractivity contribution in [2.75, 3.05) is 0 Å². The zero-order valence-electron chi connectivity index (χ0n) is 17.7. The van der Waals surface area contributed by atoms with E-state index in [9.17, 15) is 27.5 Å². The molecule has 10 heteroatoms. The molecule has 1 aliphatic carbocycles. The van der Waals surface area contributed by atoms with Gasteiger partial charge < -0.3 is 14.6 Å². The number of rotatable bonds is 6. The molecule has 1 fully saturated rings. The van der Waals surface area contributed by atoms with Gasteiger partial charge in [0, 0.05) is 5.92 Å². The number of aliphatic hydroxyl groups excluding tert-OH is 1. The number of allylic oxidation sites excluding steroid dienone is 1. The number of benzene rings is 2. The largest absolute Gasteiger partial charge is 0.508 e. The number of carbonyl (C=O) groups excluding carboxylic acids is 1. The van der Waals surface area contributed by atoms with Gasteiger partial charge in [0.15, 0.2) is 0 Å². The van der Waals surface area contributed by atoms with Crippen LogP contribution in [0.1, 0.15) is 59.3 Å². The fraction of sp³-hybridized carbons (Fsp3) is 0.348. The highest BCUT2D eigenvalue weighted by Gasteiger charge is 2.50. The van der Waals surface area contributed by atoms with Crippen molar-refractivity contribution in [3.63, 3.8) is 0 Å². The predicted molar refractivity (Wildman–Crippen MR) is 115 cm³/mol. The van der Waals surface area contributed by atoms with Crippen LogP contribution in [0.25, 0.3) is 0 Å². The van der Waals surface area contributed by atoms with E-state index >= 15 is 0 Å². The normalized spacial score (nSPS) is 22.5. The summed E-state index contributed by atoms with van der Waals surface area (Å²) < 4.78 is 58.6. The van der Waals surface area contributed by atoms with Crippen molar-refractivity contribution < 1.29 is 31.6 Å². The number of halogens is 4. The van der Waals surface area contributed by atoms with Gasteiger partial charge in [-0.05, 0) is 55.0 Å². The van der Waals surface area contributed by atoms with Crippen LogP contribution in [0.2, 0.25) is 0 Å². The maximum Gasteiger partial charge on any atom is 0.397 e. The summed E-state index contributed by atoms with van der Waals surface area (Å²) in [6, 6.07) is 9.73. The van der Waals surface area contributed by atoms with Crippen LogP contribution in [0.5, 0.6) is 0 Å². The molecule has 0 aromatic heterocycles. The Morgan fingerprint density at radius 2 is 1.76 bits per heavy atom. The zero-order chi connectivity index (χ0) is 24.1. The summed E-state index contributed by atoms with van der Waals surface area (Å²) in [6.45, 7) is 2.30. The summed E-state index contributed by atoms with van der Waals surface area (Å²) in [5.41, 5.74) is -0.0185. The summed E-state index contributed by atoms with van der Waals surface area (Å²) >= 11 is 0.325. The van der Waals surface area contributed by atoms with Gasteiger partial charge in [-0.2, -0.15) is 13.2 Å². The molecule has 1 heterocycles. The van der Waals surface area contributed by atoms with Crippen molar-refractivity contribution in [1.29, 1.82) is 0 Å². The lowest BCUT2D eigenvalue weighted by Gasteiger charge is -2.33. The Labute approximate surface area is 192 Å². The summed E-state index contributed by atoms with van der Waals surface area (Å²) in [5.74, 6) is -1.51. The third-order valence-corrected chi connectivity index (χ3v) is 6.70. The van der Waals surface area contributed by atoms with Gasteiger partial charge in [0.1, 0.15) is 29.8 Å². The van der Waals surface area contributed by atoms with Crippen LogP contribution in [0, 0.1) is 11.7 Å². The van der Waals surface area contributed by atoms with E-state index in [0.29, 0.717) is 23.5 Å². The van der Waals surface area contributed by atoms with Crippen LogP contribution in [0.15, 0.2) is 53.9 Å². The van der Waals surface area contributed by atoms with E-state index in [-0.39, 0.29) is 28.7 Å². The van der Waals surface area contributed by atoms with E-state index in [1.165, 1.54) is 24.3 Å². The quantitative estimate of drug-likeness (QED) is 0.284. The molecule has 0 saturated heterocycles. The topological polar surface area (TPSA) is 84.6 Å². The molecule has 3 atom stereocenters. The van der Waals surface area contributed by atoms with Gasteiger partial charge in [-0.3, -0.25) is 0 Å². The van der Waals surface area contributed by atoms with E-state index in [4.69, 9.17) is 5.14 Å². The number of hydrogen-bond donors (Lipinski definition) is 3. The number of nitrogens with two attached hydrogens (primary N) is 1. The second kappa shape index (κ2) is 8.25. The summed E-state index contributed by atoms with van der Waals surface area (Å²) in [5, 5.41) is 18.7. The summed E-state index contributed by atoms with van der Waals surface area (Å²) in [6.07, 6.45) is -3.60. The molecule has 1 saturated carbocycles. The van der Waals surface area contributed by atoms with Crippen molar-refractivity contribution in [3.05, 3.63) is 82.0 Å². The van der Waals surface area contributed by atoms with Crippen molar-refractivity contribution in [2.24, 2.45) is 11.1 Å². The predicted octanol–water partition coefficient (Wildman–Crippen LogP) is 5.56. The van der Waals surface area contributed by atoms with Crippen LogP contribution >= 0.6 is 12.2 Å². The zero-order valence-corrected chi connectivity index (χ0v) is 18.6. The first-order valence-corrected chi connectivity index (χ1v) is 11.0. The molecule has 0 amide bonds. The molecule has 4 rings (SSSR count). The molecule has 2 unspecified atom stereocenters. The standard InChI is InChI=1S/C23H22F4N2O3S/c1-22(2,23(25,26)27)13-6-3-11(4-7-13)15-10-16(15)19-20(30)18(29-19)12-5-8-14(17(24)9-12)21(31)32-33-28/h3-9,15-16,18,29-30H,10,28H2,1-2H3/t15?,16?,18-/m0/s1. The van der Waals surface area contributed by atoms with E-state index in [1.807, 2.05) is 0 Å². The van der Waals surface area contributed by atoms with Crippen LogP contribution < -0.4 is 10.5 Å². The molecule has 2 aliphatic rings. The van der Waals surface area contributed by atoms with Gasteiger partial charge in [0.2, 0.25) is 0 Å². The van der Waals surface area contributed by atoms with Gasteiger partial charge >= 0.3 is 12.1 Å². The van der Waals surface area contributed by atoms with Crippen molar-refractivity contribution in [1.82, 2.24) is 5.32 Å². The number of carbonyl (C=O) groups is 1. The van der Waals surface area contributed by atoms with E-state index in [2.05, 4.69) is 9.50 Å². The lowest BCUT2D eigenvalue weighted by molar-refractivity contribution is -0.180. The number of nitrogens with one attached hydrogen (secondary N) is 1. The molecule has 0 bridgehead atoms. The Morgan fingerprint density at radius 3 is 2.30 bits per heavy atom. The van der Waals surface area contributed by atoms with E-state index in [1.54, 1.807) is 12.1 Å². The SMILES string of the molecule is CC(C)(c1ccc(C2CC2C2=C(O)[C@H](c3ccc(C(=O)OSN)c(F)c3)N2)cc1)C(F)(F)F. The molecule has 176 valence electrons. The first kappa shape index (κ1) is 23.4. The Hall–Kier alpha value is -2.72. The summed E-state index contributed by atoms with van der Waals surface area (Å²) in [7, 11) is 0. The van der Waals surface area contributed by atoms with Crippen LogP contribution in [0.3, 0.4) is 0 Å². The van der Waals surface area contributed by atoms with Gasteiger partial charge in [-0.25, -0.2) is 14.3 Å². The molecular formula is C23H22F4N2O3S. The van der Waals surface area contributed by atoms with E-state index < -0.39 is 29.4 Å². The van der Waals surface area contributed by atoms with Crippen molar-refractivity contribution >= 4 is 18.2 Å². The fourth-order valence-corrected chi connectivity index (χ4v) is 4.25. The second-order valence-electron chi connectivity index (χ2n) is 8.78. The molecule has 5 nitrogen and oxygen atoms in total. The first-order chi connectivity index (χ1) is 15.5. The molecule has 2 aromatic rings. The molecule has 0 spiro atoms. The minimum atomic E-state index is -4.35. The smallest absolute Gasteiger partial charge is 0.397 e. The third kappa shape index (κ3) is 4.17. The van der Waals surface area contributed by atoms with E-state index in [0.717, 1.165) is 31.9 Å². The maximum absolute atomic E-state index is 14.3. The van der Waals surface area contributed by atoms with Crippen LogP contribution in [-0.2, 0) is 9.60 Å². The average Bonchev–Trinajstić information content (AvgIpc) is 3.52. The van der Waals surface area contributed by atoms with Gasteiger partial charge in [0.25, 0.3) is 0 Å². The summed E-state index contributed by atoms with van der Waals surface area (Å²) in [4.78, 5) is 11.6. The lowest BCUT2D eigenvalue weighted by Crippen LogP contribution is -2.36. The number of hydrogen-bond acceptors (Lipinski definition) is 6. The van der Waals surface area contributed by atoms with Crippen LogP contribution in [0.4, 0.5) is 17.6 Å². The third-order valence-electron chi connectivity index (χ3n) is 6.45. The Kier molecular flexibility index (Phi) is 5.86. The highest BCUT2D eigenvalue weighted by atomic mass is 32.2. The highest BCUT2D eigenvalue weighted by Crippen LogP contribution is 2.55. The molecule has 33 heavy (non-hydrogen) atoms. The van der Waals surface area contributed by atoms with Crippen molar-refractivity contribution in [3.8, 4) is 0 Å². The van der Waals surface area contributed by atoms with Gasteiger partial charge in [0.05, 0.1) is 16.7 Å². The minimum absolute atomic E-state index is 0.0170. The molecule has 0 radical (unpaired) electrons. The monoisotopic (exact) mass is 482 g/mol. The molecule has 4 N–H and O–H groups in total. The lowest BCUT2D eigenvalue weighted by atomic mass is 9.83. The maximum atomic E-state index is 14.3. The fourth-order valence-electron chi connectivity index (χ4n) is 4.07. The van der Waals surface area contributed by atoms with Crippen molar-refractivity contribution in [2.45, 2.75) is 43.8 Å². The molecular weight excluding hydrogens is 460 g/mol. The Bertz CT molecular complexity index is 1120. The highest BCUT2D eigenvalue weighted by molar-refractivity contribution is 7.92. The van der Waals surface area contributed by atoms with Gasteiger partial charge in [-0.1, -0.05) is 30.3 Å².